The van der Waals surface area contributed by atoms with E-state index in [4.69, 9.17) is 14.7 Å². The average Bonchev–Trinajstić information content (AvgIpc) is 3.11. The Balaban J connectivity index is 1.58. The lowest BCUT2D eigenvalue weighted by atomic mass is 9.93. The molecule has 3 aromatic rings. The molecule has 1 unspecified atom stereocenters. The van der Waals surface area contributed by atoms with Crippen molar-refractivity contribution in [3.63, 3.8) is 0 Å². The summed E-state index contributed by atoms with van der Waals surface area (Å²) in [5, 5.41) is 1.10. The monoisotopic (exact) mass is 346 g/mol. The molecule has 2 aromatic heterocycles. The van der Waals surface area contributed by atoms with Gasteiger partial charge in [-0.1, -0.05) is 12.1 Å². The predicted octanol–water partition coefficient (Wildman–Crippen LogP) is 3.84. The highest BCUT2D eigenvalue weighted by Crippen LogP contribution is 2.38. The number of pyridine rings is 1. The van der Waals surface area contributed by atoms with Crippen LogP contribution in [0.25, 0.3) is 22.3 Å². The maximum Gasteiger partial charge on any atom is 0.163 e. The predicted molar refractivity (Wildman–Crippen MR) is 102 cm³/mol. The molecule has 2 saturated heterocycles. The summed E-state index contributed by atoms with van der Waals surface area (Å²) in [6, 6.07) is 12.2. The van der Waals surface area contributed by atoms with Crippen molar-refractivity contribution in [3.05, 3.63) is 48.8 Å². The molecule has 0 amide bonds. The molecule has 0 aliphatic carbocycles. The third-order valence-electron chi connectivity index (χ3n) is 5.55. The van der Waals surface area contributed by atoms with Crippen LogP contribution in [0.2, 0.25) is 0 Å². The zero-order valence-corrected chi connectivity index (χ0v) is 14.8. The van der Waals surface area contributed by atoms with Crippen molar-refractivity contribution >= 4 is 16.7 Å². The van der Waals surface area contributed by atoms with E-state index in [0.29, 0.717) is 0 Å². The van der Waals surface area contributed by atoms with Crippen LogP contribution in [0.1, 0.15) is 25.7 Å². The summed E-state index contributed by atoms with van der Waals surface area (Å²) in [5.74, 6) is 1.75. The van der Waals surface area contributed by atoms with Gasteiger partial charge in [0.2, 0.25) is 0 Å². The number of hydrogen-bond acceptors (Lipinski definition) is 5. The van der Waals surface area contributed by atoms with Gasteiger partial charge in [0.25, 0.3) is 0 Å². The van der Waals surface area contributed by atoms with Gasteiger partial charge in [-0.2, -0.15) is 0 Å². The summed E-state index contributed by atoms with van der Waals surface area (Å²) >= 11 is 0. The second-order valence-corrected chi connectivity index (χ2v) is 7.29. The fourth-order valence-corrected chi connectivity index (χ4v) is 4.18. The fourth-order valence-electron chi connectivity index (χ4n) is 4.18. The van der Waals surface area contributed by atoms with Gasteiger partial charge in [0.1, 0.15) is 5.82 Å². The highest BCUT2D eigenvalue weighted by Gasteiger charge is 2.41. The first-order valence-electron chi connectivity index (χ1n) is 9.39. The Kier molecular flexibility index (Phi) is 3.82. The number of aromatic nitrogens is 3. The van der Waals surface area contributed by atoms with E-state index in [1.54, 1.807) is 6.20 Å². The van der Waals surface area contributed by atoms with Gasteiger partial charge in [0.05, 0.1) is 11.1 Å². The van der Waals surface area contributed by atoms with Crippen molar-refractivity contribution in [1.82, 2.24) is 15.0 Å². The van der Waals surface area contributed by atoms with Crippen LogP contribution in [0.3, 0.4) is 0 Å². The van der Waals surface area contributed by atoms with Crippen LogP contribution in [0.5, 0.6) is 0 Å². The Morgan fingerprint density at radius 3 is 2.81 bits per heavy atom. The molecule has 132 valence electrons. The maximum absolute atomic E-state index is 6.21. The van der Waals surface area contributed by atoms with E-state index in [2.05, 4.69) is 28.1 Å². The smallest absolute Gasteiger partial charge is 0.163 e. The summed E-state index contributed by atoms with van der Waals surface area (Å²) < 4.78 is 6.21. The summed E-state index contributed by atoms with van der Waals surface area (Å²) in [7, 11) is 0. The third-order valence-corrected chi connectivity index (χ3v) is 5.55. The number of rotatable bonds is 2. The highest BCUT2D eigenvalue weighted by molar-refractivity contribution is 5.91. The van der Waals surface area contributed by atoms with Gasteiger partial charge in [0.15, 0.2) is 5.82 Å². The van der Waals surface area contributed by atoms with Crippen molar-refractivity contribution in [2.75, 3.05) is 24.6 Å². The van der Waals surface area contributed by atoms with Crippen molar-refractivity contribution < 1.29 is 4.74 Å². The molecule has 2 aliphatic rings. The summed E-state index contributed by atoms with van der Waals surface area (Å²) in [4.78, 5) is 16.3. The van der Waals surface area contributed by atoms with Gasteiger partial charge >= 0.3 is 0 Å². The number of para-hydroxylation sites is 1. The Morgan fingerprint density at radius 2 is 1.96 bits per heavy atom. The molecule has 4 heterocycles. The quantitative estimate of drug-likeness (QED) is 0.706. The number of anilines is 1. The topological polar surface area (TPSA) is 51.1 Å². The van der Waals surface area contributed by atoms with Gasteiger partial charge in [-0.15, -0.1) is 0 Å². The molecule has 0 bridgehead atoms. The minimum absolute atomic E-state index is 0.0127. The first-order chi connectivity index (χ1) is 12.8. The highest BCUT2D eigenvalue weighted by atomic mass is 16.5. The number of ether oxygens (including phenoxy) is 1. The fraction of sp³-hybridized carbons (Fsp3) is 0.381. The van der Waals surface area contributed by atoms with Crippen molar-refractivity contribution in [3.8, 4) is 11.4 Å². The lowest BCUT2D eigenvalue weighted by molar-refractivity contribution is -0.0621. The molecular formula is C21H22N4O. The van der Waals surface area contributed by atoms with Gasteiger partial charge in [-0.3, -0.25) is 4.98 Å². The second kappa shape index (κ2) is 6.32. The Bertz CT molecular complexity index is 922. The SMILES string of the molecule is c1cncc(-c2nc(N3CCC4(CCCCO4)C3)c3ccccc3n2)c1. The molecule has 0 N–H and O–H groups in total. The minimum atomic E-state index is 0.0127. The van der Waals surface area contributed by atoms with Crippen LogP contribution in [0, 0.1) is 0 Å². The summed E-state index contributed by atoms with van der Waals surface area (Å²) in [6.07, 6.45) is 8.28. The van der Waals surface area contributed by atoms with Gasteiger partial charge in [0, 0.05) is 43.0 Å². The number of nitrogens with zero attached hydrogens (tertiary/aromatic N) is 4. The van der Waals surface area contributed by atoms with Gasteiger partial charge < -0.3 is 9.64 Å². The lowest BCUT2D eigenvalue weighted by Gasteiger charge is -2.33. The number of benzene rings is 1. The second-order valence-electron chi connectivity index (χ2n) is 7.29. The Hall–Kier alpha value is -2.53. The van der Waals surface area contributed by atoms with Crippen LogP contribution in [0.4, 0.5) is 5.82 Å². The van der Waals surface area contributed by atoms with Gasteiger partial charge in [-0.05, 0) is 49.9 Å². The normalized spacial score (nSPS) is 23.0. The summed E-state index contributed by atoms with van der Waals surface area (Å²) in [5.41, 5.74) is 1.93. The van der Waals surface area contributed by atoms with Crippen LogP contribution < -0.4 is 4.90 Å². The van der Waals surface area contributed by atoms with E-state index in [9.17, 15) is 0 Å². The standard InChI is InChI=1S/C21H22N4O/c1-2-8-18-17(7-1)20(24-19(23-18)16-6-5-11-22-14-16)25-12-10-21(15-25)9-3-4-13-26-21/h1-2,5-8,11,14H,3-4,9-10,12-13,15H2. The summed E-state index contributed by atoms with van der Waals surface area (Å²) in [6.45, 7) is 2.78. The molecule has 0 radical (unpaired) electrons. The Morgan fingerprint density at radius 1 is 1.00 bits per heavy atom. The minimum Gasteiger partial charge on any atom is -0.373 e. The molecule has 1 aromatic carbocycles. The molecule has 1 spiro atoms. The molecular weight excluding hydrogens is 324 g/mol. The molecule has 26 heavy (non-hydrogen) atoms. The molecule has 2 aliphatic heterocycles. The zero-order valence-electron chi connectivity index (χ0n) is 14.8. The average molecular weight is 346 g/mol. The van der Waals surface area contributed by atoms with E-state index in [1.807, 2.05) is 24.4 Å². The van der Waals surface area contributed by atoms with Crippen LogP contribution in [0.15, 0.2) is 48.8 Å². The van der Waals surface area contributed by atoms with Crippen molar-refractivity contribution in [1.29, 1.82) is 0 Å². The number of hydrogen-bond donors (Lipinski definition) is 0. The molecule has 0 saturated carbocycles. The van der Waals surface area contributed by atoms with E-state index in [1.165, 1.54) is 12.8 Å². The molecule has 2 fully saturated rings. The van der Waals surface area contributed by atoms with E-state index in [-0.39, 0.29) is 5.60 Å². The number of fused-ring (bicyclic) bond motifs is 1. The molecule has 1 atom stereocenters. The van der Waals surface area contributed by atoms with Crippen molar-refractivity contribution in [2.45, 2.75) is 31.3 Å². The van der Waals surface area contributed by atoms with E-state index in [0.717, 1.165) is 60.6 Å². The largest absolute Gasteiger partial charge is 0.373 e. The first kappa shape index (κ1) is 15.7. The lowest BCUT2D eigenvalue weighted by Crippen LogP contribution is -2.39. The Labute approximate surface area is 153 Å². The van der Waals surface area contributed by atoms with E-state index < -0.39 is 0 Å². The van der Waals surface area contributed by atoms with Crippen LogP contribution in [-0.4, -0.2) is 40.2 Å². The zero-order chi connectivity index (χ0) is 17.4. The molecule has 5 nitrogen and oxygen atoms in total. The van der Waals surface area contributed by atoms with Crippen LogP contribution in [-0.2, 0) is 4.74 Å². The molecule has 5 heteroatoms. The first-order valence-corrected chi connectivity index (χ1v) is 9.39. The van der Waals surface area contributed by atoms with Gasteiger partial charge in [-0.25, -0.2) is 9.97 Å². The van der Waals surface area contributed by atoms with E-state index >= 15 is 0 Å². The van der Waals surface area contributed by atoms with Crippen LogP contribution >= 0.6 is 0 Å². The van der Waals surface area contributed by atoms with Crippen molar-refractivity contribution in [2.24, 2.45) is 0 Å². The third kappa shape index (κ3) is 2.72. The maximum atomic E-state index is 6.21. The molecule has 5 rings (SSSR count).